The van der Waals surface area contributed by atoms with Gasteiger partial charge in [-0.1, -0.05) is 12.8 Å². The van der Waals surface area contributed by atoms with E-state index in [1.165, 1.54) is 26.9 Å². The highest BCUT2D eigenvalue weighted by molar-refractivity contribution is 6.03. The van der Waals surface area contributed by atoms with Crippen molar-refractivity contribution in [2.75, 3.05) is 18.8 Å². The number of rotatable bonds is 3. The van der Waals surface area contributed by atoms with E-state index in [4.69, 9.17) is 5.73 Å². The Balaban J connectivity index is 2.41. The standard InChI is InChI=1S/C15H24N4O3/c1-10(19-8-6-4-5-7-9-19)12(20)11-13(16)17(2)15(22)18(3)14(11)21/h10H,4-9,16H2,1-3H3/t10-/m0/s1. The van der Waals surface area contributed by atoms with E-state index in [2.05, 4.69) is 4.90 Å². The molecule has 2 heterocycles. The van der Waals surface area contributed by atoms with E-state index < -0.39 is 17.3 Å². The molecule has 7 nitrogen and oxygen atoms in total. The Hall–Kier alpha value is -1.89. The number of nitrogens with zero attached hydrogens (tertiary/aromatic N) is 3. The molecule has 22 heavy (non-hydrogen) atoms. The summed E-state index contributed by atoms with van der Waals surface area (Å²) >= 11 is 0. The maximum absolute atomic E-state index is 12.8. The second-order valence-electron chi connectivity index (χ2n) is 5.96. The van der Waals surface area contributed by atoms with E-state index in [1.807, 2.05) is 0 Å². The molecule has 1 atom stereocenters. The first-order valence-electron chi connectivity index (χ1n) is 7.70. The molecule has 2 N–H and O–H groups in total. The predicted octanol–water partition coefficient (Wildman–Crippen LogP) is 0.113. The molecule has 1 aliphatic rings. The number of nitrogens with two attached hydrogens (primary N) is 1. The lowest BCUT2D eigenvalue weighted by Gasteiger charge is -2.26. The van der Waals surface area contributed by atoms with Crippen LogP contribution in [0, 0.1) is 0 Å². The maximum atomic E-state index is 12.8. The molecule has 1 aromatic rings. The Morgan fingerprint density at radius 1 is 1.05 bits per heavy atom. The van der Waals surface area contributed by atoms with Gasteiger partial charge in [-0.15, -0.1) is 0 Å². The Labute approximate surface area is 129 Å². The summed E-state index contributed by atoms with van der Waals surface area (Å²) in [6, 6.07) is -0.411. The number of nitrogen functional groups attached to an aromatic ring is 1. The fourth-order valence-electron chi connectivity index (χ4n) is 2.95. The average molecular weight is 308 g/mol. The molecule has 1 saturated heterocycles. The Kier molecular flexibility index (Phi) is 4.85. The zero-order chi connectivity index (χ0) is 16.4. The van der Waals surface area contributed by atoms with E-state index in [-0.39, 0.29) is 17.2 Å². The minimum atomic E-state index is -0.618. The van der Waals surface area contributed by atoms with Crippen LogP contribution in [0.4, 0.5) is 5.82 Å². The van der Waals surface area contributed by atoms with Crippen LogP contribution >= 0.6 is 0 Å². The molecule has 0 bridgehead atoms. The summed E-state index contributed by atoms with van der Waals surface area (Å²) in [5.41, 5.74) is 4.64. The molecule has 0 saturated carbocycles. The summed E-state index contributed by atoms with van der Waals surface area (Å²) in [7, 11) is 2.82. The zero-order valence-electron chi connectivity index (χ0n) is 13.5. The lowest BCUT2D eigenvalue weighted by Crippen LogP contribution is -2.46. The molecule has 1 fully saturated rings. The minimum absolute atomic E-state index is 0.0558. The van der Waals surface area contributed by atoms with Crippen molar-refractivity contribution in [3.8, 4) is 0 Å². The summed E-state index contributed by atoms with van der Waals surface area (Å²) < 4.78 is 2.07. The zero-order valence-corrected chi connectivity index (χ0v) is 13.5. The van der Waals surface area contributed by atoms with Gasteiger partial charge >= 0.3 is 5.69 Å². The lowest BCUT2D eigenvalue weighted by atomic mass is 10.1. The first-order valence-corrected chi connectivity index (χ1v) is 7.70. The molecule has 2 rings (SSSR count). The number of carbonyl (C=O) groups is 1. The second-order valence-corrected chi connectivity index (χ2v) is 5.96. The van der Waals surface area contributed by atoms with E-state index in [0.717, 1.165) is 35.1 Å². The van der Waals surface area contributed by atoms with Crippen molar-refractivity contribution in [3.63, 3.8) is 0 Å². The SMILES string of the molecule is C[C@@H](C(=O)c1c(N)n(C)c(=O)n(C)c1=O)N1CCCCCC1. The predicted molar refractivity (Wildman–Crippen MR) is 85.2 cm³/mol. The monoisotopic (exact) mass is 308 g/mol. The van der Waals surface area contributed by atoms with E-state index in [9.17, 15) is 14.4 Å². The number of hydrogen-bond acceptors (Lipinski definition) is 5. The molecular formula is C15H24N4O3. The third-order valence-electron chi connectivity index (χ3n) is 4.52. The van der Waals surface area contributed by atoms with Crippen LogP contribution in [0.2, 0.25) is 0 Å². The van der Waals surface area contributed by atoms with Gasteiger partial charge in [0.05, 0.1) is 6.04 Å². The van der Waals surface area contributed by atoms with Crippen LogP contribution in [0.25, 0.3) is 0 Å². The molecule has 0 aliphatic carbocycles. The van der Waals surface area contributed by atoms with Crippen molar-refractivity contribution in [3.05, 3.63) is 26.4 Å². The first kappa shape index (κ1) is 16.5. The molecular weight excluding hydrogens is 284 g/mol. The normalized spacial score (nSPS) is 18.0. The average Bonchev–Trinajstić information content (AvgIpc) is 2.79. The summed E-state index contributed by atoms with van der Waals surface area (Å²) in [6.45, 7) is 3.50. The molecule has 0 amide bonds. The fourth-order valence-corrected chi connectivity index (χ4v) is 2.95. The van der Waals surface area contributed by atoms with Crippen molar-refractivity contribution >= 4 is 11.6 Å². The van der Waals surface area contributed by atoms with Gasteiger partial charge in [0.1, 0.15) is 11.4 Å². The molecule has 0 spiro atoms. The third-order valence-corrected chi connectivity index (χ3v) is 4.52. The Morgan fingerprint density at radius 2 is 1.59 bits per heavy atom. The smallest absolute Gasteiger partial charge is 0.332 e. The highest BCUT2D eigenvalue weighted by Crippen LogP contribution is 2.16. The molecule has 1 aromatic heterocycles. The van der Waals surface area contributed by atoms with E-state index in [0.29, 0.717) is 0 Å². The van der Waals surface area contributed by atoms with Crippen LogP contribution < -0.4 is 17.0 Å². The maximum Gasteiger partial charge on any atom is 0.332 e. The van der Waals surface area contributed by atoms with Crippen LogP contribution in [0.15, 0.2) is 9.59 Å². The van der Waals surface area contributed by atoms with Crippen LogP contribution in [0.3, 0.4) is 0 Å². The quantitative estimate of drug-likeness (QED) is 0.801. The van der Waals surface area contributed by atoms with E-state index in [1.54, 1.807) is 6.92 Å². The summed E-state index contributed by atoms with van der Waals surface area (Å²) in [4.78, 5) is 39.0. The number of carbonyl (C=O) groups excluding carboxylic acids is 1. The lowest BCUT2D eigenvalue weighted by molar-refractivity contribution is 0.0840. The number of ketones is 1. The highest BCUT2D eigenvalue weighted by atomic mass is 16.2. The number of likely N-dealkylation sites (tertiary alicyclic amines) is 1. The van der Waals surface area contributed by atoms with Gasteiger partial charge in [0.2, 0.25) is 0 Å². The van der Waals surface area contributed by atoms with Gasteiger partial charge in [0.15, 0.2) is 5.78 Å². The molecule has 1 aliphatic heterocycles. The number of aromatic nitrogens is 2. The van der Waals surface area contributed by atoms with Crippen LogP contribution in [0.5, 0.6) is 0 Å². The molecule has 0 unspecified atom stereocenters. The van der Waals surface area contributed by atoms with Gasteiger partial charge in [-0.25, -0.2) is 4.79 Å². The number of hydrogen-bond donors (Lipinski definition) is 1. The van der Waals surface area contributed by atoms with Gasteiger partial charge < -0.3 is 5.73 Å². The van der Waals surface area contributed by atoms with Gasteiger partial charge in [0.25, 0.3) is 5.56 Å². The van der Waals surface area contributed by atoms with Crippen molar-refractivity contribution in [1.82, 2.24) is 14.0 Å². The summed E-state index contributed by atoms with van der Waals surface area (Å²) in [5, 5.41) is 0. The molecule has 7 heteroatoms. The van der Waals surface area contributed by atoms with Gasteiger partial charge in [0, 0.05) is 14.1 Å². The van der Waals surface area contributed by atoms with Gasteiger partial charge in [-0.3, -0.25) is 23.6 Å². The van der Waals surface area contributed by atoms with Crippen molar-refractivity contribution < 1.29 is 4.79 Å². The molecule has 122 valence electrons. The first-order chi connectivity index (χ1) is 10.4. The van der Waals surface area contributed by atoms with Crippen LogP contribution in [-0.4, -0.2) is 38.9 Å². The van der Waals surface area contributed by atoms with Gasteiger partial charge in [-0.2, -0.15) is 0 Å². The largest absolute Gasteiger partial charge is 0.384 e. The number of anilines is 1. The third kappa shape index (κ3) is 2.85. The van der Waals surface area contributed by atoms with Crippen molar-refractivity contribution in [2.24, 2.45) is 14.1 Å². The minimum Gasteiger partial charge on any atom is -0.384 e. The van der Waals surface area contributed by atoms with E-state index >= 15 is 0 Å². The number of Topliss-reactive ketones (excluding diaryl/α,β-unsaturated/α-hetero) is 1. The topological polar surface area (TPSA) is 90.3 Å². The summed E-state index contributed by atoms with van der Waals surface area (Å²) in [5.74, 6) is -0.365. The Bertz CT molecular complexity index is 681. The van der Waals surface area contributed by atoms with Crippen molar-refractivity contribution in [2.45, 2.75) is 38.6 Å². The highest BCUT2D eigenvalue weighted by Gasteiger charge is 2.28. The van der Waals surface area contributed by atoms with Gasteiger partial charge in [-0.05, 0) is 32.9 Å². The van der Waals surface area contributed by atoms with Crippen molar-refractivity contribution in [1.29, 1.82) is 0 Å². The van der Waals surface area contributed by atoms with Crippen LogP contribution in [0.1, 0.15) is 43.0 Å². The second kappa shape index (κ2) is 6.48. The Morgan fingerprint density at radius 3 is 2.14 bits per heavy atom. The van der Waals surface area contributed by atoms with Crippen LogP contribution in [-0.2, 0) is 14.1 Å². The molecule has 0 aromatic carbocycles. The fraction of sp³-hybridized carbons (Fsp3) is 0.667. The summed E-state index contributed by atoms with van der Waals surface area (Å²) in [6.07, 6.45) is 4.44. The molecule has 0 radical (unpaired) electrons.